The van der Waals surface area contributed by atoms with Crippen molar-refractivity contribution in [3.8, 4) is 11.3 Å². The van der Waals surface area contributed by atoms with E-state index in [9.17, 15) is 9.59 Å². The Kier molecular flexibility index (Phi) is 5.95. The lowest BCUT2D eigenvalue weighted by atomic mass is 10.1. The van der Waals surface area contributed by atoms with Crippen molar-refractivity contribution in [3.63, 3.8) is 0 Å². The van der Waals surface area contributed by atoms with E-state index in [2.05, 4.69) is 15.7 Å². The molecule has 8 nitrogen and oxygen atoms in total. The Labute approximate surface area is 158 Å². The molecule has 0 radical (unpaired) electrons. The summed E-state index contributed by atoms with van der Waals surface area (Å²) in [4.78, 5) is 25.7. The first-order chi connectivity index (χ1) is 13.1. The molecule has 1 saturated heterocycles. The highest BCUT2D eigenvalue weighted by molar-refractivity contribution is 5.89. The predicted octanol–water partition coefficient (Wildman–Crippen LogP) is 2.83. The quantitative estimate of drug-likeness (QED) is 0.865. The van der Waals surface area contributed by atoms with Gasteiger partial charge in [0.2, 0.25) is 0 Å². The number of likely N-dealkylation sites (tertiary alicyclic amines) is 1. The van der Waals surface area contributed by atoms with Gasteiger partial charge in [0.1, 0.15) is 5.82 Å². The molecular formula is C19H25N5O3. The van der Waals surface area contributed by atoms with Gasteiger partial charge in [0.25, 0.3) is 0 Å². The van der Waals surface area contributed by atoms with E-state index in [1.165, 1.54) is 0 Å². The maximum Gasteiger partial charge on any atom is 0.409 e. The lowest BCUT2D eigenvalue weighted by Crippen LogP contribution is -2.47. The number of nitrogens with one attached hydrogen (secondary N) is 2. The third kappa shape index (κ3) is 4.78. The number of ether oxygens (including phenoxy) is 1. The Morgan fingerprint density at radius 1 is 1.22 bits per heavy atom. The maximum atomic E-state index is 12.3. The smallest absolute Gasteiger partial charge is 0.409 e. The number of urea groups is 1. The van der Waals surface area contributed by atoms with Crippen molar-refractivity contribution in [2.75, 3.05) is 25.0 Å². The second kappa shape index (κ2) is 8.57. The minimum absolute atomic E-state index is 0.0255. The monoisotopic (exact) mass is 371 g/mol. The number of hydrogen-bond donors (Lipinski definition) is 2. The summed E-state index contributed by atoms with van der Waals surface area (Å²) in [5.74, 6) is 0.621. The van der Waals surface area contributed by atoms with Crippen molar-refractivity contribution >= 4 is 17.9 Å². The van der Waals surface area contributed by atoms with E-state index >= 15 is 0 Å². The number of piperidine rings is 1. The zero-order valence-electron chi connectivity index (χ0n) is 15.6. The minimum atomic E-state index is -0.288. The van der Waals surface area contributed by atoms with Gasteiger partial charge in [-0.3, -0.25) is 10.00 Å². The number of aromatic nitrogens is 2. The van der Waals surface area contributed by atoms with Crippen LogP contribution < -0.4 is 10.6 Å². The lowest BCUT2D eigenvalue weighted by molar-refractivity contribution is 0.0959. The molecule has 3 rings (SSSR count). The Morgan fingerprint density at radius 2 is 1.93 bits per heavy atom. The molecule has 1 aliphatic rings. The molecule has 0 spiro atoms. The van der Waals surface area contributed by atoms with Crippen molar-refractivity contribution in [2.24, 2.45) is 7.05 Å². The van der Waals surface area contributed by atoms with Crippen molar-refractivity contribution in [3.05, 3.63) is 36.4 Å². The molecule has 1 aliphatic heterocycles. The summed E-state index contributed by atoms with van der Waals surface area (Å²) >= 11 is 0. The Balaban J connectivity index is 1.52. The second-order valence-electron chi connectivity index (χ2n) is 6.46. The van der Waals surface area contributed by atoms with E-state index < -0.39 is 0 Å². The van der Waals surface area contributed by atoms with Crippen LogP contribution in [-0.4, -0.2) is 52.5 Å². The van der Waals surface area contributed by atoms with E-state index in [0.717, 1.165) is 11.3 Å². The van der Waals surface area contributed by atoms with Crippen LogP contribution in [0.3, 0.4) is 0 Å². The molecule has 27 heavy (non-hydrogen) atoms. The highest BCUT2D eigenvalue weighted by Crippen LogP contribution is 2.21. The molecule has 0 aliphatic carbocycles. The van der Waals surface area contributed by atoms with Crippen LogP contribution in [0.2, 0.25) is 0 Å². The van der Waals surface area contributed by atoms with E-state index in [1.807, 2.05) is 36.4 Å². The summed E-state index contributed by atoms with van der Waals surface area (Å²) in [5.41, 5.74) is 1.80. The van der Waals surface area contributed by atoms with Gasteiger partial charge < -0.3 is 15.0 Å². The van der Waals surface area contributed by atoms with Crippen LogP contribution in [0, 0.1) is 0 Å². The van der Waals surface area contributed by atoms with Crippen LogP contribution >= 0.6 is 0 Å². The van der Waals surface area contributed by atoms with Gasteiger partial charge in [-0.1, -0.05) is 30.3 Å². The fourth-order valence-corrected chi connectivity index (χ4v) is 3.09. The van der Waals surface area contributed by atoms with Crippen LogP contribution in [0.4, 0.5) is 15.4 Å². The molecule has 144 valence electrons. The number of aryl methyl sites for hydroxylation is 1. The average molecular weight is 371 g/mol. The van der Waals surface area contributed by atoms with Gasteiger partial charge in [0.05, 0.1) is 12.3 Å². The third-order valence-corrected chi connectivity index (χ3v) is 4.55. The van der Waals surface area contributed by atoms with Crippen LogP contribution in [0.5, 0.6) is 0 Å². The molecule has 0 atom stereocenters. The molecule has 2 aromatic rings. The minimum Gasteiger partial charge on any atom is -0.450 e. The van der Waals surface area contributed by atoms with Gasteiger partial charge in [-0.05, 0) is 19.8 Å². The summed E-state index contributed by atoms with van der Waals surface area (Å²) in [6.07, 6.45) is 1.11. The highest BCUT2D eigenvalue weighted by atomic mass is 16.6. The summed E-state index contributed by atoms with van der Waals surface area (Å²) in [7, 11) is 1.79. The fraction of sp³-hybridized carbons (Fsp3) is 0.421. The van der Waals surface area contributed by atoms with Crippen LogP contribution in [0.1, 0.15) is 19.8 Å². The molecular weight excluding hydrogens is 346 g/mol. The summed E-state index contributed by atoms with van der Waals surface area (Å²) in [6.45, 7) is 3.31. The molecule has 1 aromatic heterocycles. The largest absolute Gasteiger partial charge is 0.450 e. The lowest BCUT2D eigenvalue weighted by Gasteiger charge is -2.31. The number of hydrogen-bond acceptors (Lipinski definition) is 4. The normalized spacial score (nSPS) is 14.7. The van der Waals surface area contributed by atoms with Crippen LogP contribution in [0.25, 0.3) is 11.3 Å². The van der Waals surface area contributed by atoms with Crippen LogP contribution in [0.15, 0.2) is 36.4 Å². The van der Waals surface area contributed by atoms with Gasteiger partial charge in [-0.15, -0.1) is 0 Å². The first-order valence-electron chi connectivity index (χ1n) is 9.15. The zero-order valence-corrected chi connectivity index (χ0v) is 15.6. The third-order valence-electron chi connectivity index (χ3n) is 4.55. The highest BCUT2D eigenvalue weighted by Gasteiger charge is 2.24. The molecule has 2 heterocycles. The van der Waals surface area contributed by atoms with Gasteiger partial charge >= 0.3 is 12.1 Å². The Hall–Kier alpha value is -3.03. The topological polar surface area (TPSA) is 88.5 Å². The fourth-order valence-electron chi connectivity index (χ4n) is 3.09. The molecule has 1 aromatic carbocycles. The van der Waals surface area contributed by atoms with Gasteiger partial charge in [0, 0.05) is 37.8 Å². The molecule has 2 N–H and O–H groups in total. The maximum absolute atomic E-state index is 12.3. The van der Waals surface area contributed by atoms with E-state index in [-0.39, 0.29) is 18.2 Å². The summed E-state index contributed by atoms with van der Waals surface area (Å²) < 4.78 is 6.65. The van der Waals surface area contributed by atoms with Crippen molar-refractivity contribution in [1.29, 1.82) is 0 Å². The first-order valence-corrected chi connectivity index (χ1v) is 9.15. The summed E-state index contributed by atoms with van der Waals surface area (Å²) in [5, 5.41) is 10.3. The Bertz CT molecular complexity index is 782. The number of benzene rings is 1. The number of nitrogens with zero attached hydrogens (tertiary/aromatic N) is 3. The average Bonchev–Trinajstić information content (AvgIpc) is 3.03. The first kappa shape index (κ1) is 18.8. The van der Waals surface area contributed by atoms with Gasteiger partial charge in [0.15, 0.2) is 0 Å². The zero-order chi connectivity index (χ0) is 19.2. The molecule has 0 unspecified atom stereocenters. The van der Waals surface area contributed by atoms with Gasteiger partial charge in [-0.2, -0.15) is 5.10 Å². The van der Waals surface area contributed by atoms with Crippen molar-refractivity contribution in [1.82, 2.24) is 20.0 Å². The van der Waals surface area contributed by atoms with Gasteiger partial charge in [-0.25, -0.2) is 9.59 Å². The van der Waals surface area contributed by atoms with Crippen molar-refractivity contribution in [2.45, 2.75) is 25.8 Å². The molecule has 1 fully saturated rings. The number of amides is 3. The Morgan fingerprint density at radius 3 is 2.59 bits per heavy atom. The summed E-state index contributed by atoms with van der Waals surface area (Å²) in [6, 6.07) is 11.4. The SMILES string of the molecule is CCOC(=O)N1CCC(NC(=O)Nc2cc(-c3ccccc3)nn2C)CC1. The van der Waals surface area contributed by atoms with Crippen LogP contribution in [-0.2, 0) is 11.8 Å². The number of rotatable bonds is 4. The number of carbonyl (C=O) groups is 2. The van der Waals surface area contributed by atoms with E-state index in [4.69, 9.17) is 4.74 Å². The molecule has 0 bridgehead atoms. The standard InChI is InChI=1S/C19H25N5O3/c1-3-27-19(26)24-11-9-15(10-12-24)20-18(25)21-17-13-16(22-23(17)2)14-7-5-4-6-8-14/h4-8,13,15H,3,9-12H2,1-2H3,(H2,20,21,25). The number of carbonyl (C=O) groups excluding carboxylic acids is 2. The second-order valence-corrected chi connectivity index (χ2v) is 6.46. The molecule has 0 saturated carbocycles. The van der Waals surface area contributed by atoms with E-state index in [1.54, 1.807) is 23.6 Å². The van der Waals surface area contributed by atoms with Crippen molar-refractivity contribution < 1.29 is 14.3 Å². The number of anilines is 1. The predicted molar refractivity (Wildman–Crippen MR) is 102 cm³/mol. The van der Waals surface area contributed by atoms with E-state index in [0.29, 0.717) is 38.4 Å². The molecule has 3 amide bonds. The molecule has 8 heteroatoms.